The van der Waals surface area contributed by atoms with Crippen LogP contribution in [0.1, 0.15) is 29.1 Å². The van der Waals surface area contributed by atoms with Gasteiger partial charge in [0.05, 0.1) is 12.7 Å². The van der Waals surface area contributed by atoms with Crippen LogP contribution >= 0.6 is 0 Å². The highest BCUT2D eigenvalue weighted by Gasteiger charge is 2.37. The van der Waals surface area contributed by atoms with Crippen molar-refractivity contribution in [3.63, 3.8) is 0 Å². The number of benzene rings is 1. The van der Waals surface area contributed by atoms with E-state index in [0.29, 0.717) is 17.7 Å². The number of hydrogen-bond acceptors (Lipinski definition) is 5. The highest BCUT2D eigenvalue weighted by atomic mass is 16.3. The topological polar surface area (TPSA) is 62.5 Å². The van der Waals surface area contributed by atoms with E-state index in [1.54, 1.807) is 18.6 Å². The second-order valence-electron chi connectivity index (χ2n) is 7.58. The number of furan rings is 1. The second kappa shape index (κ2) is 6.78. The Morgan fingerprint density at radius 1 is 1.15 bits per heavy atom. The molecule has 2 bridgehead atoms. The standard InChI is InChI=1S/C21H22N4O2/c26-21(19-10-22-7-8-23-19)25-12-15-5-6-17(13-25)24(11-15)14-18-9-16-3-1-2-4-20(16)27-18/h1-4,7-10,15,17H,5-6,11-14H2/t15-,17-/m0/s1. The number of rotatable bonds is 3. The van der Waals surface area contributed by atoms with E-state index < -0.39 is 0 Å². The van der Waals surface area contributed by atoms with Gasteiger partial charge in [-0.2, -0.15) is 0 Å². The third-order valence-electron chi connectivity index (χ3n) is 5.73. The Balaban J connectivity index is 1.34. The fraction of sp³-hybridized carbons (Fsp3) is 0.381. The van der Waals surface area contributed by atoms with Crippen LogP contribution in [0.4, 0.5) is 0 Å². The lowest BCUT2D eigenvalue weighted by atomic mass is 9.95. The van der Waals surface area contributed by atoms with Crippen LogP contribution in [0.5, 0.6) is 0 Å². The summed E-state index contributed by atoms with van der Waals surface area (Å²) in [5.41, 5.74) is 1.37. The summed E-state index contributed by atoms with van der Waals surface area (Å²) in [5, 5.41) is 1.15. The fourth-order valence-corrected chi connectivity index (χ4v) is 4.42. The van der Waals surface area contributed by atoms with Gasteiger partial charge in [0.1, 0.15) is 17.0 Å². The number of aromatic nitrogens is 2. The molecule has 3 aromatic rings. The number of fused-ring (bicyclic) bond motifs is 5. The SMILES string of the molecule is O=C(c1cnccn1)N1C[C@H]2CC[C@@H](C1)N(Cc1cc3ccccc3o1)C2. The number of nitrogens with zero attached hydrogens (tertiary/aromatic N) is 4. The molecule has 0 unspecified atom stereocenters. The zero-order chi connectivity index (χ0) is 18.2. The third kappa shape index (κ3) is 3.21. The molecular weight excluding hydrogens is 340 g/mol. The lowest BCUT2D eigenvalue weighted by Gasteiger charge is -2.35. The maximum absolute atomic E-state index is 12.8. The summed E-state index contributed by atoms with van der Waals surface area (Å²) in [7, 11) is 0. The first kappa shape index (κ1) is 16.4. The molecule has 6 rings (SSSR count). The van der Waals surface area contributed by atoms with Gasteiger partial charge in [-0.05, 0) is 30.9 Å². The molecule has 3 saturated heterocycles. The zero-order valence-corrected chi connectivity index (χ0v) is 15.1. The molecule has 3 aliphatic rings. The molecule has 138 valence electrons. The Morgan fingerprint density at radius 3 is 2.93 bits per heavy atom. The quantitative estimate of drug-likeness (QED) is 0.717. The lowest BCUT2D eigenvalue weighted by Crippen LogP contribution is -2.43. The van der Waals surface area contributed by atoms with Gasteiger partial charge < -0.3 is 9.32 Å². The highest BCUT2D eigenvalue weighted by Crippen LogP contribution is 2.30. The Kier molecular flexibility index (Phi) is 4.13. The molecule has 27 heavy (non-hydrogen) atoms. The van der Waals surface area contributed by atoms with Crippen molar-refractivity contribution >= 4 is 16.9 Å². The average molecular weight is 362 g/mol. The van der Waals surface area contributed by atoms with Crippen molar-refractivity contribution in [3.05, 3.63) is 60.4 Å². The summed E-state index contributed by atoms with van der Waals surface area (Å²) in [5.74, 6) is 1.48. The summed E-state index contributed by atoms with van der Waals surface area (Å²) in [6, 6.07) is 10.6. The smallest absolute Gasteiger partial charge is 0.274 e. The summed E-state index contributed by atoms with van der Waals surface area (Å²) in [4.78, 5) is 25.5. The molecule has 6 nitrogen and oxygen atoms in total. The summed E-state index contributed by atoms with van der Waals surface area (Å²) in [6.07, 6.45) is 7.02. The minimum atomic E-state index is -0.00872. The van der Waals surface area contributed by atoms with Crippen LogP contribution in [-0.2, 0) is 6.54 Å². The Hall–Kier alpha value is -2.73. The van der Waals surface area contributed by atoms with E-state index in [1.807, 2.05) is 23.1 Å². The Bertz CT molecular complexity index is 922. The normalized spacial score (nSPS) is 22.9. The second-order valence-corrected chi connectivity index (χ2v) is 7.58. The first-order valence-corrected chi connectivity index (χ1v) is 9.53. The van der Waals surface area contributed by atoms with Gasteiger partial charge in [0, 0.05) is 43.5 Å². The van der Waals surface area contributed by atoms with E-state index in [0.717, 1.165) is 49.3 Å². The third-order valence-corrected chi connectivity index (χ3v) is 5.73. The number of hydrogen-bond donors (Lipinski definition) is 0. The molecule has 3 aliphatic heterocycles. The van der Waals surface area contributed by atoms with Crippen molar-refractivity contribution < 1.29 is 9.21 Å². The molecule has 2 aromatic heterocycles. The van der Waals surface area contributed by atoms with E-state index in [4.69, 9.17) is 4.42 Å². The lowest BCUT2D eigenvalue weighted by molar-refractivity contribution is 0.0727. The van der Waals surface area contributed by atoms with E-state index in [9.17, 15) is 4.79 Å². The van der Waals surface area contributed by atoms with Gasteiger partial charge >= 0.3 is 0 Å². The van der Waals surface area contributed by atoms with Crippen molar-refractivity contribution in [3.8, 4) is 0 Å². The van der Waals surface area contributed by atoms with Crippen molar-refractivity contribution in [1.29, 1.82) is 0 Å². The van der Waals surface area contributed by atoms with Gasteiger partial charge in [-0.3, -0.25) is 14.7 Å². The predicted molar refractivity (Wildman–Crippen MR) is 101 cm³/mol. The van der Waals surface area contributed by atoms with Crippen molar-refractivity contribution in [2.24, 2.45) is 5.92 Å². The number of carbonyl (C=O) groups is 1. The first-order chi connectivity index (χ1) is 13.3. The van der Waals surface area contributed by atoms with Crippen LogP contribution in [0.25, 0.3) is 11.0 Å². The fourth-order valence-electron chi connectivity index (χ4n) is 4.42. The summed E-state index contributed by atoms with van der Waals surface area (Å²) in [6.45, 7) is 3.34. The van der Waals surface area contributed by atoms with Gasteiger partial charge in [0.15, 0.2) is 0 Å². The van der Waals surface area contributed by atoms with Gasteiger partial charge in [-0.25, -0.2) is 4.98 Å². The molecule has 1 amide bonds. The van der Waals surface area contributed by atoms with E-state index in [-0.39, 0.29) is 5.91 Å². The van der Waals surface area contributed by atoms with Gasteiger partial charge in [0.2, 0.25) is 0 Å². The maximum Gasteiger partial charge on any atom is 0.274 e. The molecule has 0 N–H and O–H groups in total. The molecule has 1 aromatic carbocycles. The molecule has 0 aliphatic carbocycles. The van der Waals surface area contributed by atoms with E-state index in [1.165, 1.54) is 6.42 Å². The van der Waals surface area contributed by atoms with Crippen molar-refractivity contribution in [2.45, 2.75) is 25.4 Å². The van der Waals surface area contributed by atoms with Crippen molar-refractivity contribution in [1.82, 2.24) is 19.8 Å². The molecule has 0 radical (unpaired) electrons. The van der Waals surface area contributed by atoms with Gasteiger partial charge in [-0.15, -0.1) is 0 Å². The highest BCUT2D eigenvalue weighted by molar-refractivity contribution is 5.92. The molecule has 2 atom stereocenters. The number of piperidine rings is 1. The van der Waals surface area contributed by atoms with E-state index >= 15 is 0 Å². The van der Waals surface area contributed by atoms with Crippen LogP contribution in [0.2, 0.25) is 0 Å². The number of amides is 1. The van der Waals surface area contributed by atoms with Crippen LogP contribution in [0, 0.1) is 5.92 Å². The molecule has 0 saturated carbocycles. The monoisotopic (exact) mass is 362 g/mol. The van der Waals surface area contributed by atoms with Crippen LogP contribution < -0.4 is 0 Å². The van der Waals surface area contributed by atoms with Gasteiger partial charge in [-0.1, -0.05) is 18.2 Å². The maximum atomic E-state index is 12.8. The summed E-state index contributed by atoms with van der Waals surface area (Å²) < 4.78 is 6.02. The number of carbonyl (C=O) groups excluding carboxylic acids is 1. The Morgan fingerprint density at radius 2 is 2.07 bits per heavy atom. The number of para-hydroxylation sites is 1. The van der Waals surface area contributed by atoms with Crippen LogP contribution in [0.3, 0.4) is 0 Å². The first-order valence-electron chi connectivity index (χ1n) is 9.53. The largest absolute Gasteiger partial charge is 0.460 e. The van der Waals surface area contributed by atoms with Crippen LogP contribution in [-0.4, -0.2) is 51.4 Å². The Labute approximate surface area is 157 Å². The van der Waals surface area contributed by atoms with Crippen LogP contribution in [0.15, 0.2) is 53.3 Å². The average Bonchev–Trinajstić information content (AvgIpc) is 2.89. The van der Waals surface area contributed by atoms with Gasteiger partial charge in [0.25, 0.3) is 5.91 Å². The minimum absolute atomic E-state index is 0.00872. The van der Waals surface area contributed by atoms with Crippen molar-refractivity contribution in [2.75, 3.05) is 19.6 Å². The van der Waals surface area contributed by atoms with E-state index in [2.05, 4.69) is 27.0 Å². The zero-order valence-electron chi connectivity index (χ0n) is 15.1. The molecule has 0 spiro atoms. The molecule has 3 fully saturated rings. The molecule has 5 heterocycles. The molecule has 6 heteroatoms. The predicted octanol–water partition coefficient (Wildman–Crippen LogP) is 2.96. The summed E-state index contributed by atoms with van der Waals surface area (Å²) >= 11 is 0. The minimum Gasteiger partial charge on any atom is -0.460 e. The molecular formula is C21H22N4O2.